The Labute approximate surface area is 181 Å². The molecule has 2 rings (SSSR count). The summed E-state index contributed by atoms with van der Waals surface area (Å²) in [5.74, 6) is -6.05. The summed E-state index contributed by atoms with van der Waals surface area (Å²) in [7, 11) is 1.29. The van der Waals surface area contributed by atoms with Gasteiger partial charge in [0.05, 0.1) is 16.8 Å². The highest BCUT2D eigenvalue weighted by molar-refractivity contribution is 7.87. The molecule has 1 aromatic heterocycles. The number of amides is 1. The highest BCUT2D eigenvalue weighted by atomic mass is 35.5. The third-order valence-corrected chi connectivity index (χ3v) is 5.37. The summed E-state index contributed by atoms with van der Waals surface area (Å²) in [6.45, 7) is -0.219. The number of hydrogen-bond donors (Lipinski definition) is 1. The van der Waals surface area contributed by atoms with E-state index in [0.717, 1.165) is 20.3 Å². The van der Waals surface area contributed by atoms with Gasteiger partial charge in [0, 0.05) is 34.3 Å². The first-order chi connectivity index (χ1) is 14.4. The molecule has 0 saturated heterocycles. The highest BCUT2D eigenvalue weighted by Gasteiger charge is 2.28. The van der Waals surface area contributed by atoms with E-state index in [9.17, 15) is 26.8 Å². The van der Waals surface area contributed by atoms with E-state index in [1.54, 1.807) is 19.0 Å². The van der Waals surface area contributed by atoms with Gasteiger partial charge in [0.2, 0.25) is 11.5 Å². The van der Waals surface area contributed by atoms with Crippen molar-refractivity contribution in [2.75, 3.05) is 33.1 Å². The molecule has 0 radical (unpaired) electrons. The Bertz CT molecular complexity index is 1130. The Hall–Kier alpha value is -3.03. The van der Waals surface area contributed by atoms with Gasteiger partial charge in [0.1, 0.15) is 11.6 Å². The van der Waals surface area contributed by atoms with Crippen LogP contribution >= 0.6 is 11.6 Å². The quantitative estimate of drug-likeness (QED) is 0.572. The van der Waals surface area contributed by atoms with Crippen molar-refractivity contribution in [2.45, 2.75) is 0 Å². The van der Waals surface area contributed by atoms with Gasteiger partial charge in [0.25, 0.3) is 12.4 Å². The molecule has 0 atom stereocenters. The number of anilines is 1. The van der Waals surface area contributed by atoms with E-state index >= 15 is 0 Å². The molecule has 0 unspecified atom stereocenters. The number of benzene rings is 1. The van der Waals surface area contributed by atoms with Crippen LogP contribution in [0, 0.1) is 11.6 Å². The molecule has 14 heteroatoms. The lowest BCUT2D eigenvalue weighted by Gasteiger charge is -2.16. The number of carbonyl (C=O) groups is 2. The van der Waals surface area contributed by atoms with Gasteiger partial charge < -0.3 is 14.4 Å². The summed E-state index contributed by atoms with van der Waals surface area (Å²) in [5.41, 5.74) is -1.04. The smallest absolute Gasteiger partial charge is 0.303 e. The molecule has 2 aromatic rings. The van der Waals surface area contributed by atoms with Gasteiger partial charge in [-0.1, -0.05) is 11.6 Å². The number of hydrogen-bond acceptors (Lipinski definition) is 8. The van der Waals surface area contributed by atoms with E-state index in [1.165, 1.54) is 10.8 Å². The molecular formula is C17H17ClF2N4O6S. The van der Waals surface area contributed by atoms with Gasteiger partial charge in [-0.05, 0) is 6.07 Å². The molecule has 0 fully saturated rings. The minimum atomic E-state index is -4.30. The minimum Gasteiger partial charge on any atom is -0.449 e. The van der Waals surface area contributed by atoms with Crippen LogP contribution in [-0.4, -0.2) is 58.3 Å². The molecule has 31 heavy (non-hydrogen) atoms. The minimum absolute atomic E-state index is 0.128. The van der Waals surface area contributed by atoms with Crippen molar-refractivity contribution in [1.82, 2.24) is 14.0 Å². The number of aromatic nitrogens is 1. The first kappa shape index (κ1) is 24.2. The third-order valence-electron chi connectivity index (χ3n) is 3.68. The zero-order chi connectivity index (χ0) is 23.5. The second-order valence-electron chi connectivity index (χ2n) is 6.28. The summed E-state index contributed by atoms with van der Waals surface area (Å²) < 4.78 is 64.9. The molecule has 0 aliphatic carbocycles. The number of pyridine rings is 1. The van der Waals surface area contributed by atoms with Crippen LogP contribution in [0.4, 0.5) is 14.6 Å². The van der Waals surface area contributed by atoms with Gasteiger partial charge in [-0.15, -0.1) is 0 Å². The predicted molar refractivity (Wildman–Crippen MR) is 107 cm³/mol. The largest absolute Gasteiger partial charge is 0.449 e. The van der Waals surface area contributed by atoms with Crippen LogP contribution in [0.25, 0.3) is 0 Å². The average Bonchev–Trinajstić information content (AvgIpc) is 2.66. The van der Waals surface area contributed by atoms with Crippen molar-refractivity contribution in [3.63, 3.8) is 0 Å². The molecule has 1 aromatic carbocycles. The van der Waals surface area contributed by atoms with Crippen LogP contribution in [0.15, 0.2) is 18.3 Å². The molecule has 0 saturated carbocycles. The molecule has 1 amide bonds. The number of nitrogens with zero attached hydrogens (tertiary/aromatic N) is 3. The average molecular weight is 479 g/mol. The number of halogens is 3. The van der Waals surface area contributed by atoms with E-state index < -0.39 is 44.8 Å². The monoisotopic (exact) mass is 478 g/mol. The Morgan fingerprint density at radius 2 is 1.84 bits per heavy atom. The van der Waals surface area contributed by atoms with Gasteiger partial charge >= 0.3 is 10.2 Å². The van der Waals surface area contributed by atoms with E-state index in [0.29, 0.717) is 16.2 Å². The summed E-state index contributed by atoms with van der Waals surface area (Å²) >= 11 is 6.06. The molecule has 168 valence electrons. The Morgan fingerprint density at radius 3 is 2.35 bits per heavy atom. The normalized spacial score (nSPS) is 11.2. The van der Waals surface area contributed by atoms with Crippen LogP contribution in [0.5, 0.6) is 17.2 Å². The summed E-state index contributed by atoms with van der Waals surface area (Å²) in [6.07, 6.45) is 1.16. The molecule has 0 aliphatic heterocycles. The summed E-state index contributed by atoms with van der Waals surface area (Å²) in [4.78, 5) is 28.6. The topological polar surface area (TPSA) is 118 Å². The fourth-order valence-electron chi connectivity index (χ4n) is 2.18. The summed E-state index contributed by atoms with van der Waals surface area (Å²) in [6, 6.07) is 1.66. The van der Waals surface area contributed by atoms with Crippen molar-refractivity contribution in [2.24, 2.45) is 0 Å². The van der Waals surface area contributed by atoms with Crippen molar-refractivity contribution >= 4 is 40.0 Å². The maximum absolute atomic E-state index is 14.8. The lowest BCUT2D eigenvalue weighted by atomic mass is 10.1. The van der Waals surface area contributed by atoms with Crippen LogP contribution < -0.4 is 19.1 Å². The van der Waals surface area contributed by atoms with E-state index in [2.05, 4.69) is 9.72 Å². The van der Waals surface area contributed by atoms with Gasteiger partial charge in [-0.3, -0.25) is 9.59 Å². The highest BCUT2D eigenvalue weighted by Crippen LogP contribution is 2.39. The third kappa shape index (κ3) is 5.37. The zero-order valence-electron chi connectivity index (χ0n) is 16.6. The molecule has 1 N–H and O–H groups in total. The number of carbonyl (C=O) groups excluding carboxylic acids is 2. The number of rotatable bonds is 8. The Kier molecular flexibility index (Phi) is 7.36. The Morgan fingerprint density at radius 1 is 1.19 bits per heavy atom. The summed E-state index contributed by atoms with van der Waals surface area (Å²) in [5, 5.41) is 0.131. The molecule has 10 nitrogen and oxygen atoms in total. The van der Waals surface area contributed by atoms with Crippen molar-refractivity contribution in [3.8, 4) is 17.2 Å². The van der Waals surface area contributed by atoms with Gasteiger partial charge in [0.15, 0.2) is 11.6 Å². The van der Waals surface area contributed by atoms with Crippen molar-refractivity contribution in [3.05, 3.63) is 40.6 Å². The molecule has 0 aliphatic rings. The molecule has 0 spiro atoms. The van der Waals surface area contributed by atoms with Crippen LogP contribution in [0.2, 0.25) is 5.02 Å². The first-order valence-electron chi connectivity index (χ1n) is 8.26. The van der Waals surface area contributed by atoms with E-state index in [4.69, 9.17) is 16.3 Å². The fraction of sp³-hybridized carbons (Fsp3) is 0.235. The van der Waals surface area contributed by atoms with Crippen molar-refractivity contribution < 1.29 is 36.3 Å². The predicted octanol–water partition coefficient (Wildman–Crippen LogP) is 1.94. The maximum Gasteiger partial charge on any atom is 0.303 e. The second kappa shape index (κ2) is 9.41. The van der Waals surface area contributed by atoms with Crippen LogP contribution in [-0.2, 0) is 15.0 Å². The molecule has 0 bridgehead atoms. The lowest BCUT2D eigenvalue weighted by Crippen LogP contribution is -2.39. The Balaban J connectivity index is 2.51. The fourth-order valence-corrected chi connectivity index (χ4v) is 3.03. The van der Waals surface area contributed by atoms with E-state index in [-0.39, 0.29) is 17.2 Å². The molecular weight excluding hydrogens is 462 g/mol. The van der Waals surface area contributed by atoms with Crippen LogP contribution in [0.3, 0.4) is 0 Å². The standard InChI is InChI=1S/C17H17ClF2N4O6S/c1-23(2)16-11(18)5-9(7-21-16)30-14-12(19)6-10(13(20)15(14)29-8-25)17(26)22-31(27,28)24(3)4/h5-8H,1-4H3,(H,22,26). The number of nitrogens with one attached hydrogen (secondary N) is 1. The first-order valence-corrected chi connectivity index (χ1v) is 10.1. The molecule has 1 heterocycles. The number of ether oxygens (including phenoxy) is 2. The second-order valence-corrected chi connectivity index (χ2v) is 8.58. The maximum atomic E-state index is 14.8. The van der Waals surface area contributed by atoms with Gasteiger partial charge in [-0.25, -0.2) is 18.5 Å². The zero-order valence-corrected chi connectivity index (χ0v) is 18.2. The lowest BCUT2D eigenvalue weighted by molar-refractivity contribution is -0.121. The van der Waals surface area contributed by atoms with Gasteiger partial charge in [-0.2, -0.15) is 12.7 Å². The van der Waals surface area contributed by atoms with Crippen molar-refractivity contribution in [1.29, 1.82) is 0 Å². The van der Waals surface area contributed by atoms with E-state index in [1.807, 2.05) is 0 Å². The van der Waals surface area contributed by atoms with Crippen LogP contribution in [0.1, 0.15) is 10.4 Å². The SMILES string of the molecule is CN(C)c1ncc(Oc2c(F)cc(C(=O)NS(=O)(=O)N(C)C)c(F)c2OC=O)cc1Cl.